The molecule has 12 N–H and O–H groups in total. The Bertz CT molecular complexity index is 2000. The van der Waals surface area contributed by atoms with E-state index in [2.05, 4.69) is 60.1 Å². The van der Waals surface area contributed by atoms with Gasteiger partial charge in [0.1, 0.15) is 46.8 Å². The van der Waals surface area contributed by atoms with Crippen LogP contribution in [0.3, 0.4) is 0 Å². The van der Waals surface area contributed by atoms with Gasteiger partial charge >= 0.3 is 0 Å². The van der Waals surface area contributed by atoms with Gasteiger partial charge in [-0.2, -0.15) is 0 Å². The fraction of sp³-hybridized carbons (Fsp3) is 0.821. The van der Waals surface area contributed by atoms with Gasteiger partial charge in [-0.25, -0.2) is 0 Å². The second-order valence-electron chi connectivity index (χ2n) is 23.9. The van der Waals surface area contributed by atoms with Gasteiger partial charge in [0.05, 0.1) is 6.61 Å². The number of carbonyl (C=O) groups excluding carboxylic acids is 10. The lowest BCUT2D eigenvalue weighted by Gasteiger charge is -2.34. The summed E-state index contributed by atoms with van der Waals surface area (Å²) in [6.45, 7) is 24.6. The lowest BCUT2D eigenvalue weighted by Crippen LogP contribution is -2.66. The predicted molar refractivity (Wildman–Crippen MR) is 302 cm³/mol. The van der Waals surface area contributed by atoms with Gasteiger partial charge < -0.3 is 68.3 Å². The highest BCUT2D eigenvalue weighted by Crippen LogP contribution is 2.21. The summed E-state index contributed by atoms with van der Waals surface area (Å²) >= 11 is 0. The molecule has 1 saturated heterocycles. The summed E-state index contributed by atoms with van der Waals surface area (Å²) in [5.74, 6) is -6.05. The summed E-state index contributed by atoms with van der Waals surface area (Å²) in [6, 6.07) is -5.61. The molecule has 0 aliphatic carbocycles. The first kappa shape index (κ1) is 71.6. The van der Waals surface area contributed by atoms with Crippen molar-refractivity contribution in [2.75, 3.05) is 39.4 Å². The summed E-state index contributed by atoms with van der Waals surface area (Å²) in [5.41, 5.74) is -4.94. The molecule has 23 heteroatoms. The first-order valence-corrected chi connectivity index (χ1v) is 28.8. The molecule has 7 atom stereocenters. The fourth-order valence-corrected chi connectivity index (χ4v) is 9.01. The molecule has 1 aliphatic rings. The number of aliphatic hydroxyl groups excluding tert-OH is 2. The zero-order valence-corrected chi connectivity index (χ0v) is 50.3. The maximum Gasteiger partial charge on any atom is 0.246 e. The molecule has 1 rings (SSSR count). The van der Waals surface area contributed by atoms with Gasteiger partial charge in [-0.3, -0.25) is 47.9 Å². The predicted octanol–water partition coefficient (Wildman–Crippen LogP) is 1.47. The largest absolute Gasteiger partial charge is 0.396 e. The average Bonchev–Trinajstić information content (AvgIpc) is 3.85. The van der Waals surface area contributed by atoms with E-state index in [4.69, 9.17) is 5.11 Å². The Labute approximate surface area is 470 Å². The molecule has 454 valence electrons. The van der Waals surface area contributed by atoms with Crippen LogP contribution >= 0.6 is 0 Å². The number of carbonyl (C=O) groups is 10. The lowest BCUT2D eigenvalue weighted by atomic mass is 9.93. The van der Waals surface area contributed by atoms with Crippen LogP contribution in [0.5, 0.6) is 0 Å². The van der Waals surface area contributed by atoms with Crippen LogP contribution in [0.1, 0.15) is 187 Å². The van der Waals surface area contributed by atoms with E-state index in [1.54, 1.807) is 6.92 Å². The lowest BCUT2D eigenvalue weighted by molar-refractivity contribution is -0.141. The van der Waals surface area contributed by atoms with Gasteiger partial charge in [-0.05, 0) is 111 Å². The molecule has 0 unspecified atom stereocenters. The molecule has 1 heterocycles. The van der Waals surface area contributed by atoms with Gasteiger partial charge in [0.2, 0.25) is 59.1 Å². The minimum Gasteiger partial charge on any atom is -0.396 e. The SMILES string of the molecule is CCCCCC[C@@H](C)C[C@H](NC(=O)C(C)(C)NC(=O)C(C)(C)NC(=O)[C@H](CCO)NC(=O)[C@@H]1CCCN1C(=O)CCC)C(=O)N[C@@H](CC(C)C)C(=O)NC(C)(C)C(=O)N[C@@H](CC(C)C)C(=O)NCCC(=O)N[C@@H](C)CNCCO. The third-order valence-corrected chi connectivity index (χ3v) is 13.7. The van der Waals surface area contributed by atoms with E-state index < -0.39 is 101 Å². The molecule has 79 heavy (non-hydrogen) atoms. The molecular formula is C56H103N11O12. The van der Waals surface area contributed by atoms with E-state index in [9.17, 15) is 53.1 Å². The minimum atomic E-state index is -1.68. The van der Waals surface area contributed by atoms with Crippen LogP contribution in [0.4, 0.5) is 0 Å². The maximum absolute atomic E-state index is 14.5. The quantitative estimate of drug-likeness (QED) is 0.0391. The molecular weight excluding hydrogens is 1020 g/mol. The standard InChI is InChI=1S/C56H103N11O12/c1-15-17-18-19-22-37(7)33-42(63-52(78)55(11,12)66-53(79)56(13,14)64-48(74)39(25-29-68)60-50(76)43-23-20-28-67(43)45(71)21-16-2)47(73)61-41(32-36(5)6)49(75)65-54(9,10)51(77)62-40(31-35(3)4)46(72)58-26-24-44(70)59-38(8)34-57-27-30-69/h35-43,57,68-69H,15-34H2,1-14H3,(H,58,72)(H,59,70)(H,60,76)(H,61,73)(H,62,77)(H,63,78)(H,64,74)(H,65,75)(H,66,79)/t37-,38+,39+,40+,41+,42+,43+/m1/s1. The van der Waals surface area contributed by atoms with Crippen molar-refractivity contribution in [1.82, 2.24) is 58.1 Å². The molecule has 10 amide bonds. The van der Waals surface area contributed by atoms with Gasteiger partial charge in [-0.15, -0.1) is 0 Å². The number of nitrogens with zero attached hydrogens (tertiary/aromatic N) is 1. The van der Waals surface area contributed by atoms with Crippen LogP contribution in [-0.2, 0) is 47.9 Å². The van der Waals surface area contributed by atoms with Gasteiger partial charge in [0.25, 0.3) is 0 Å². The van der Waals surface area contributed by atoms with Crippen molar-refractivity contribution < 1.29 is 58.2 Å². The zero-order valence-electron chi connectivity index (χ0n) is 50.3. The van der Waals surface area contributed by atoms with Crippen LogP contribution in [0.2, 0.25) is 0 Å². The molecule has 0 aromatic rings. The van der Waals surface area contributed by atoms with E-state index in [1.807, 2.05) is 41.5 Å². The summed E-state index contributed by atoms with van der Waals surface area (Å²) in [6.07, 6.45) is 6.98. The summed E-state index contributed by atoms with van der Waals surface area (Å²) in [7, 11) is 0. The van der Waals surface area contributed by atoms with Gasteiger partial charge in [-0.1, -0.05) is 80.6 Å². The number of nitrogens with one attached hydrogen (secondary N) is 10. The molecule has 1 fully saturated rings. The second-order valence-corrected chi connectivity index (χ2v) is 23.9. The Balaban J connectivity index is 3.28. The van der Waals surface area contributed by atoms with E-state index in [0.717, 1.165) is 32.1 Å². The summed E-state index contributed by atoms with van der Waals surface area (Å²) in [5, 5.41) is 46.5. The third-order valence-electron chi connectivity index (χ3n) is 13.7. The van der Waals surface area contributed by atoms with Crippen LogP contribution < -0.4 is 53.2 Å². The topological polar surface area (TPSA) is 335 Å². The summed E-state index contributed by atoms with van der Waals surface area (Å²) < 4.78 is 0. The monoisotopic (exact) mass is 1120 g/mol. The Hall–Kier alpha value is -5.42. The van der Waals surface area contributed by atoms with Crippen molar-refractivity contribution in [2.45, 2.75) is 240 Å². The van der Waals surface area contributed by atoms with Crippen LogP contribution in [0.15, 0.2) is 0 Å². The molecule has 0 aromatic heterocycles. The highest BCUT2D eigenvalue weighted by Gasteiger charge is 2.42. The van der Waals surface area contributed by atoms with E-state index in [1.165, 1.54) is 46.4 Å². The van der Waals surface area contributed by atoms with Crippen LogP contribution in [-0.4, -0.2) is 166 Å². The summed E-state index contributed by atoms with van der Waals surface area (Å²) in [4.78, 5) is 138. The number of hydrogen-bond acceptors (Lipinski definition) is 13. The highest BCUT2D eigenvalue weighted by molar-refractivity contribution is 6.00. The molecule has 1 aliphatic heterocycles. The number of hydrogen-bond donors (Lipinski definition) is 12. The van der Waals surface area contributed by atoms with Gasteiger partial charge in [0, 0.05) is 51.7 Å². The minimum absolute atomic E-state index is 0.00729. The number of rotatable bonds is 38. The molecule has 0 aromatic carbocycles. The molecule has 23 nitrogen and oxygen atoms in total. The number of amides is 10. The van der Waals surface area contributed by atoms with Crippen molar-refractivity contribution in [3.63, 3.8) is 0 Å². The van der Waals surface area contributed by atoms with Crippen molar-refractivity contribution in [3.8, 4) is 0 Å². The molecule has 0 bridgehead atoms. The first-order chi connectivity index (χ1) is 36.8. The van der Waals surface area contributed by atoms with Crippen molar-refractivity contribution in [1.29, 1.82) is 0 Å². The molecule has 0 radical (unpaired) electrons. The Kier molecular flexibility index (Phi) is 32.0. The third kappa shape index (κ3) is 26.6. The zero-order chi connectivity index (χ0) is 60.3. The van der Waals surface area contributed by atoms with Crippen LogP contribution in [0, 0.1) is 17.8 Å². The van der Waals surface area contributed by atoms with E-state index in [0.29, 0.717) is 38.9 Å². The Morgan fingerprint density at radius 2 is 1.09 bits per heavy atom. The van der Waals surface area contributed by atoms with E-state index in [-0.39, 0.29) is 87.3 Å². The Morgan fingerprint density at radius 3 is 1.63 bits per heavy atom. The first-order valence-electron chi connectivity index (χ1n) is 28.8. The number of unbranched alkanes of at least 4 members (excludes halogenated alkanes) is 3. The van der Waals surface area contributed by atoms with E-state index >= 15 is 0 Å². The smallest absolute Gasteiger partial charge is 0.246 e. The maximum atomic E-state index is 14.5. The average molecular weight is 1120 g/mol. The van der Waals surface area contributed by atoms with Crippen LogP contribution in [0.25, 0.3) is 0 Å². The fourth-order valence-electron chi connectivity index (χ4n) is 9.01. The second kappa shape index (κ2) is 35.3. The Morgan fingerprint density at radius 1 is 0.544 bits per heavy atom. The van der Waals surface area contributed by atoms with Crippen molar-refractivity contribution >= 4 is 59.1 Å². The number of aliphatic hydroxyl groups is 2. The molecule has 0 saturated carbocycles. The van der Waals surface area contributed by atoms with Crippen molar-refractivity contribution in [3.05, 3.63) is 0 Å². The highest BCUT2D eigenvalue weighted by atomic mass is 16.3. The normalized spacial score (nSPS) is 16.1. The number of likely N-dealkylation sites (tertiary alicyclic amines) is 1. The molecule has 0 spiro atoms. The van der Waals surface area contributed by atoms with Crippen molar-refractivity contribution in [2.24, 2.45) is 17.8 Å². The van der Waals surface area contributed by atoms with Gasteiger partial charge in [0.15, 0.2) is 0 Å².